The van der Waals surface area contributed by atoms with Gasteiger partial charge in [-0.15, -0.1) is 0 Å². The summed E-state index contributed by atoms with van der Waals surface area (Å²) in [4.78, 5) is 0. The van der Waals surface area contributed by atoms with Crippen molar-refractivity contribution in [2.45, 2.75) is 84.0 Å². The van der Waals surface area contributed by atoms with Gasteiger partial charge in [-0.2, -0.15) is 0 Å². The molecule has 136 valence electrons. The van der Waals surface area contributed by atoms with Crippen LogP contribution in [0.2, 0.25) is 0 Å². The molecule has 0 saturated heterocycles. The fourth-order valence-corrected chi connectivity index (χ4v) is 3.76. The molecule has 1 aliphatic carbocycles. The van der Waals surface area contributed by atoms with Crippen molar-refractivity contribution < 1.29 is 13.5 Å². The Morgan fingerprint density at radius 2 is 1.54 bits per heavy atom. The average molecular weight is 338 g/mol. The molecule has 0 aliphatic heterocycles. The molecule has 0 unspecified atom stereocenters. The fraction of sp³-hybridized carbons (Fsp3) is 0.714. The van der Waals surface area contributed by atoms with Crippen molar-refractivity contribution in [1.82, 2.24) is 0 Å². The molecule has 1 aliphatic rings. The van der Waals surface area contributed by atoms with Crippen molar-refractivity contribution in [3.05, 3.63) is 29.3 Å². The Balaban J connectivity index is 1.92. The number of hydrogen-bond donors (Lipinski definition) is 0. The van der Waals surface area contributed by atoms with Crippen LogP contribution in [0.15, 0.2) is 12.1 Å². The van der Waals surface area contributed by atoms with Gasteiger partial charge in [0.2, 0.25) is 0 Å². The van der Waals surface area contributed by atoms with Crippen molar-refractivity contribution in [2.24, 2.45) is 5.92 Å². The Labute approximate surface area is 145 Å². The van der Waals surface area contributed by atoms with Crippen molar-refractivity contribution in [1.29, 1.82) is 0 Å². The maximum Gasteiger partial charge on any atom is 0.190 e. The molecule has 1 nitrogen and oxygen atoms in total. The molecule has 0 N–H and O–H groups in total. The number of hydrogen-bond acceptors (Lipinski definition) is 1. The Morgan fingerprint density at radius 1 is 0.917 bits per heavy atom. The van der Waals surface area contributed by atoms with Crippen LogP contribution in [0.25, 0.3) is 0 Å². The summed E-state index contributed by atoms with van der Waals surface area (Å²) in [6.45, 7) is 4.69. The summed E-state index contributed by atoms with van der Waals surface area (Å²) in [6.07, 6.45) is 11.2. The van der Waals surface area contributed by atoms with Crippen LogP contribution >= 0.6 is 0 Å². The van der Waals surface area contributed by atoms with E-state index >= 15 is 0 Å². The average Bonchev–Trinajstić information content (AvgIpc) is 2.59. The van der Waals surface area contributed by atoms with Crippen molar-refractivity contribution in [2.75, 3.05) is 6.61 Å². The number of benzene rings is 1. The van der Waals surface area contributed by atoms with Crippen LogP contribution in [-0.2, 0) is 0 Å². The minimum absolute atomic E-state index is 0.202. The maximum absolute atomic E-state index is 14.3. The van der Waals surface area contributed by atoms with Gasteiger partial charge in [-0.25, -0.2) is 8.78 Å². The van der Waals surface area contributed by atoms with E-state index in [2.05, 4.69) is 13.8 Å². The van der Waals surface area contributed by atoms with E-state index in [1.165, 1.54) is 44.2 Å². The Bertz CT molecular complexity index is 470. The Hall–Kier alpha value is -1.12. The molecule has 0 amide bonds. The Kier molecular flexibility index (Phi) is 8.01. The lowest BCUT2D eigenvalue weighted by atomic mass is 9.77. The van der Waals surface area contributed by atoms with Crippen LogP contribution in [0.3, 0.4) is 0 Å². The van der Waals surface area contributed by atoms with Gasteiger partial charge in [-0.3, -0.25) is 0 Å². The maximum atomic E-state index is 14.3. The minimum atomic E-state index is -0.547. The summed E-state index contributed by atoms with van der Waals surface area (Å²) in [7, 11) is 0. The summed E-state index contributed by atoms with van der Waals surface area (Å²) < 4.78 is 33.8. The van der Waals surface area contributed by atoms with E-state index < -0.39 is 11.6 Å². The van der Waals surface area contributed by atoms with Crippen LogP contribution in [0.1, 0.15) is 89.5 Å². The molecule has 0 radical (unpaired) electrons. The van der Waals surface area contributed by atoms with Crippen molar-refractivity contribution in [3.8, 4) is 5.75 Å². The second-order valence-corrected chi connectivity index (χ2v) is 7.23. The zero-order chi connectivity index (χ0) is 17.4. The standard InChI is InChI=1S/C21H32F2O/c1-3-5-7-13-24-21-19(22)14-18(15-20(21)23)17-11-9-16(10-12-17)8-6-4-2/h14-17H,3-13H2,1-2H3/t16-,17-. The fourth-order valence-electron chi connectivity index (χ4n) is 3.76. The number of halogens is 2. The highest BCUT2D eigenvalue weighted by Gasteiger charge is 2.24. The smallest absolute Gasteiger partial charge is 0.190 e. The summed E-state index contributed by atoms with van der Waals surface area (Å²) in [5, 5.41) is 0. The molecule has 0 bridgehead atoms. The number of ether oxygens (including phenoxy) is 1. The summed E-state index contributed by atoms with van der Waals surface area (Å²) in [5.74, 6) is -0.200. The molecule has 1 aromatic carbocycles. The van der Waals surface area contributed by atoms with E-state index in [0.717, 1.165) is 43.6 Å². The van der Waals surface area contributed by atoms with Gasteiger partial charge < -0.3 is 4.74 Å². The molecule has 0 aromatic heterocycles. The second kappa shape index (κ2) is 10.0. The molecule has 0 spiro atoms. The SMILES string of the molecule is CCCCCOc1c(F)cc([C@H]2CC[C@H](CCCC)CC2)cc1F. The molecule has 1 fully saturated rings. The van der Waals surface area contributed by atoms with E-state index in [0.29, 0.717) is 12.5 Å². The van der Waals surface area contributed by atoms with E-state index in [4.69, 9.17) is 4.74 Å². The molecule has 24 heavy (non-hydrogen) atoms. The highest BCUT2D eigenvalue weighted by atomic mass is 19.1. The van der Waals surface area contributed by atoms with Crippen LogP contribution in [0.5, 0.6) is 5.75 Å². The van der Waals surface area contributed by atoms with Crippen molar-refractivity contribution >= 4 is 0 Å². The van der Waals surface area contributed by atoms with E-state index in [9.17, 15) is 8.78 Å². The summed E-state index contributed by atoms with van der Waals surface area (Å²) >= 11 is 0. The molecular formula is C21H32F2O. The quantitative estimate of drug-likeness (QED) is 0.440. The second-order valence-electron chi connectivity index (χ2n) is 7.23. The molecule has 0 atom stereocenters. The van der Waals surface area contributed by atoms with Crippen LogP contribution in [0.4, 0.5) is 8.78 Å². The summed E-state index contributed by atoms with van der Waals surface area (Å²) in [5.41, 5.74) is 0.805. The normalized spacial score (nSPS) is 21.0. The lowest BCUT2D eigenvalue weighted by Gasteiger charge is -2.29. The monoisotopic (exact) mass is 338 g/mol. The first kappa shape index (κ1) is 19.2. The highest BCUT2D eigenvalue weighted by Crippen LogP contribution is 2.39. The Morgan fingerprint density at radius 3 is 2.12 bits per heavy atom. The first-order valence-electron chi connectivity index (χ1n) is 9.77. The third kappa shape index (κ3) is 5.46. The first-order valence-corrected chi connectivity index (χ1v) is 9.77. The summed E-state index contributed by atoms with van der Waals surface area (Å²) in [6, 6.07) is 2.99. The van der Waals surface area contributed by atoms with Crippen LogP contribution in [0, 0.1) is 17.6 Å². The minimum Gasteiger partial charge on any atom is -0.488 e. The van der Waals surface area contributed by atoms with Crippen LogP contribution < -0.4 is 4.74 Å². The molecule has 2 rings (SSSR count). The first-order chi connectivity index (χ1) is 11.7. The lowest BCUT2D eigenvalue weighted by molar-refractivity contribution is 0.274. The van der Waals surface area contributed by atoms with Gasteiger partial charge in [0.25, 0.3) is 0 Å². The zero-order valence-corrected chi connectivity index (χ0v) is 15.3. The molecule has 0 heterocycles. The zero-order valence-electron chi connectivity index (χ0n) is 15.3. The largest absolute Gasteiger partial charge is 0.488 e. The van der Waals surface area contributed by atoms with Gasteiger partial charge in [0.15, 0.2) is 17.4 Å². The van der Waals surface area contributed by atoms with Crippen molar-refractivity contribution in [3.63, 3.8) is 0 Å². The topological polar surface area (TPSA) is 9.23 Å². The van der Waals surface area contributed by atoms with E-state index in [-0.39, 0.29) is 5.75 Å². The molecule has 1 saturated carbocycles. The molecule has 3 heteroatoms. The molecular weight excluding hydrogens is 306 g/mol. The predicted molar refractivity (Wildman–Crippen MR) is 95.6 cm³/mol. The van der Waals surface area contributed by atoms with Gasteiger partial charge >= 0.3 is 0 Å². The van der Waals surface area contributed by atoms with Gasteiger partial charge in [-0.05, 0) is 61.6 Å². The van der Waals surface area contributed by atoms with Gasteiger partial charge in [-0.1, -0.05) is 46.0 Å². The molecule has 1 aromatic rings. The van der Waals surface area contributed by atoms with Crippen LogP contribution in [-0.4, -0.2) is 6.61 Å². The van der Waals surface area contributed by atoms with Gasteiger partial charge in [0.05, 0.1) is 6.61 Å². The van der Waals surface area contributed by atoms with E-state index in [1.807, 2.05) is 0 Å². The third-order valence-electron chi connectivity index (χ3n) is 5.30. The lowest BCUT2D eigenvalue weighted by Crippen LogP contribution is -2.14. The van der Waals surface area contributed by atoms with E-state index in [1.54, 1.807) is 0 Å². The number of unbranched alkanes of at least 4 members (excludes halogenated alkanes) is 3. The highest BCUT2D eigenvalue weighted by molar-refractivity contribution is 5.33. The van der Waals surface area contributed by atoms with Gasteiger partial charge in [0.1, 0.15) is 0 Å². The number of rotatable bonds is 9. The third-order valence-corrected chi connectivity index (χ3v) is 5.30. The van der Waals surface area contributed by atoms with Gasteiger partial charge in [0, 0.05) is 0 Å². The predicted octanol–water partition coefficient (Wildman–Crippen LogP) is 7.00.